The van der Waals surface area contributed by atoms with Crippen molar-refractivity contribution >= 4 is 0 Å². The minimum Gasteiger partial charge on any atom is -0.332 e. The molecule has 0 saturated carbocycles. The van der Waals surface area contributed by atoms with Crippen LogP contribution in [0, 0.1) is 6.92 Å². The highest BCUT2D eigenvalue weighted by atomic mass is 16.5. The number of aryl methyl sites for hydroxylation is 1. The summed E-state index contributed by atoms with van der Waals surface area (Å²) in [5, 5.41) is 3.65. The molecule has 2 aromatic rings. The van der Waals surface area contributed by atoms with Gasteiger partial charge in [-0.3, -0.25) is 0 Å². The van der Waals surface area contributed by atoms with Gasteiger partial charge in [-0.1, -0.05) is 5.16 Å². The van der Waals surface area contributed by atoms with Crippen molar-refractivity contribution in [2.45, 2.75) is 6.92 Å². The van der Waals surface area contributed by atoms with Crippen molar-refractivity contribution in [3.63, 3.8) is 0 Å². The average Bonchev–Trinajstić information content (AvgIpc) is 2.54. The van der Waals surface area contributed by atoms with Gasteiger partial charge < -0.3 is 4.52 Å². The summed E-state index contributed by atoms with van der Waals surface area (Å²) >= 11 is 0. The molecule has 0 bridgehead atoms. The number of hydrogen-bond donors (Lipinski definition) is 0. The van der Waals surface area contributed by atoms with Crippen molar-refractivity contribution < 1.29 is 4.52 Å². The van der Waals surface area contributed by atoms with Crippen LogP contribution in [0.25, 0.3) is 11.6 Å². The van der Waals surface area contributed by atoms with Gasteiger partial charge in [-0.05, 0) is 13.0 Å². The van der Waals surface area contributed by atoms with Gasteiger partial charge in [0.2, 0.25) is 0 Å². The predicted octanol–water partition coefficient (Wildman–Crippen LogP) is 0.835. The van der Waals surface area contributed by atoms with Crippen molar-refractivity contribution in [1.29, 1.82) is 0 Å². The lowest BCUT2D eigenvalue weighted by Crippen LogP contribution is -1.83. The van der Waals surface area contributed by atoms with Crippen LogP contribution < -0.4 is 0 Å². The second-order valence-electron chi connectivity index (χ2n) is 2.24. The molecule has 2 rings (SSSR count). The first-order chi connectivity index (χ1) is 5.86. The minimum absolute atomic E-state index is 0.426. The summed E-state index contributed by atoms with van der Waals surface area (Å²) in [6.07, 6.45) is 3.07. The van der Waals surface area contributed by atoms with Gasteiger partial charge in [0.15, 0.2) is 5.82 Å². The molecule has 2 aromatic heterocycles. The van der Waals surface area contributed by atoms with Crippen LogP contribution >= 0.6 is 0 Å². The van der Waals surface area contributed by atoms with Gasteiger partial charge >= 0.3 is 0 Å². The molecular weight excluding hydrogens is 156 g/mol. The van der Waals surface area contributed by atoms with E-state index in [0.717, 1.165) is 0 Å². The fourth-order valence-electron chi connectivity index (χ4n) is 0.818. The summed E-state index contributed by atoms with van der Waals surface area (Å²) < 4.78 is 4.90. The van der Waals surface area contributed by atoms with E-state index in [9.17, 15) is 0 Å². The lowest BCUT2D eigenvalue weighted by Gasteiger charge is -1.88. The Morgan fingerprint density at radius 3 is 2.92 bits per heavy atom. The summed E-state index contributed by atoms with van der Waals surface area (Å²) in [7, 11) is 0. The van der Waals surface area contributed by atoms with Crippen LogP contribution in [-0.2, 0) is 0 Å². The van der Waals surface area contributed by atoms with Gasteiger partial charge in [-0.2, -0.15) is 4.98 Å². The van der Waals surface area contributed by atoms with Crippen molar-refractivity contribution in [3.05, 3.63) is 24.4 Å². The smallest absolute Gasteiger partial charge is 0.276 e. The van der Waals surface area contributed by atoms with E-state index in [1.807, 2.05) is 0 Å². The lowest BCUT2D eigenvalue weighted by molar-refractivity contribution is 0.424. The molecule has 0 radical (unpaired) electrons. The molecule has 60 valence electrons. The van der Waals surface area contributed by atoms with E-state index in [1.54, 1.807) is 19.2 Å². The maximum atomic E-state index is 4.90. The summed E-state index contributed by atoms with van der Waals surface area (Å²) in [6, 6.07) is 1.72. The van der Waals surface area contributed by atoms with Gasteiger partial charge in [0.1, 0.15) is 12.0 Å². The number of rotatable bonds is 1. The van der Waals surface area contributed by atoms with E-state index in [0.29, 0.717) is 17.4 Å². The molecule has 0 fully saturated rings. The summed E-state index contributed by atoms with van der Waals surface area (Å²) in [4.78, 5) is 11.7. The lowest BCUT2D eigenvalue weighted by atomic mass is 10.4. The first-order valence-corrected chi connectivity index (χ1v) is 3.43. The van der Waals surface area contributed by atoms with Crippen molar-refractivity contribution in [1.82, 2.24) is 20.1 Å². The molecule has 5 heteroatoms. The molecule has 5 nitrogen and oxygen atoms in total. The number of nitrogens with zero attached hydrogens (tertiary/aromatic N) is 4. The highest BCUT2D eigenvalue weighted by Crippen LogP contribution is 2.11. The third kappa shape index (κ3) is 1.16. The maximum absolute atomic E-state index is 4.90. The molecule has 0 aliphatic carbocycles. The molecule has 0 saturated heterocycles. The van der Waals surface area contributed by atoms with Gasteiger partial charge in [0.05, 0.1) is 0 Å². The maximum Gasteiger partial charge on any atom is 0.276 e. The third-order valence-corrected chi connectivity index (χ3v) is 1.33. The largest absolute Gasteiger partial charge is 0.332 e. The Balaban J connectivity index is 2.45. The Morgan fingerprint density at radius 1 is 1.42 bits per heavy atom. The predicted molar refractivity (Wildman–Crippen MR) is 40.1 cm³/mol. The Morgan fingerprint density at radius 2 is 2.33 bits per heavy atom. The number of hydrogen-bond acceptors (Lipinski definition) is 5. The van der Waals surface area contributed by atoms with Gasteiger partial charge in [0.25, 0.3) is 5.89 Å². The van der Waals surface area contributed by atoms with Gasteiger partial charge in [0, 0.05) is 6.20 Å². The molecule has 0 aliphatic rings. The van der Waals surface area contributed by atoms with E-state index in [4.69, 9.17) is 4.52 Å². The molecule has 0 amide bonds. The van der Waals surface area contributed by atoms with Gasteiger partial charge in [-0.15, -0.1) is 0 Å². The fraction of sp³-hybridized carbons (Fsp3) is 0.143. The zero-order chi connectivity index (χ0) is 8.39. The molecule has 0 unspecified atom stereocenters. The normalized spacial score (nSPS) is 10.1. The third-order valence-electron chi connectivity index (χ3n) is 1.33. The molecule has 0 N–H and O–H groups in total. The minimum atomic E-state index is 0.426. The average molecular weight is 162 g/mol. The molecule has 2 heterocycles. The SMILES string of the molecule is Cc1noc(-c2ccncn2)n1. The molecule has 0 spiro atoms. The van der Waals surface area contributed by atoms with E-state index < -0.39 is 0 Å². The van der Waals surface area contributed by atoms with E-state index in [-0.39, 0.29) is 0 Å². The van der Waals surface area contributed by atoms with Crippen LogP contribution in [0.15, 0.2) is 23.1 Å². The van der Waals surface area contributed by atoms with E-state index in [2.05, 4.69) is 20.1 Å². The quantitative estimate of drug-likeness (QED) is 0.621. The van der Waals surface area contributed by atoms with Crippen LogP contribution in [0.3, 0.4) is 0 Å². The second-order valence-corrected chi connectivity index (χ2v) is 2.24. The van der Waals surface area contributed by atoms with Crippen molar-refractivity contribution in [2.24, 2.45) is 0 Å². The Labute approximate surface area is 68.5 Å². The van der Waals surface area contributed by atoms with Crippen LogP contribution in [0.1, 0.15) is 5.82 Å². The van der Waals surface area contributed by atoms with Crippen LogP contribution in [0.4, 0.5) is 0 Å². The van der Waals surface area contributed by atoms with Crippen molar-refractivity contribution in [3.8, 4) is 11.6 Å². The Kier molecular flexibility index (Phi) is 1.55. The van der Waals surface area contributed by atoms with Gasteiger partial charge in [-0.25, -0.2) is 9.97 Å². The molecular formula is C7H6N4O. The van der Waals surface area contributed by atoms with Crippen LogP contribution in [0.2, 0.25) is 0 Å². The monoisotopic (exact) mass is 162 g/mol. The zero-order valence-corrected chi connectivity index (χ0v) is 6.43. The van der Waals surface area contributed by atoms with E-state index >= 15 is 0 Å². The molecule has 0 aromatic carbocycles. The molecule has 0 aliphatic heterocycles. The molecule has 0 atom stereocenters. The van der Waals surface area contributed by atoms with E-state index in [1.165, 1.54) is 6.33 Å². The molecule has 12 heavy (non-hydrogen) atoms. The zero-order valence-electron chi connectivity index (χ0n) is 6.43. The summed E-state index contributed by atoms with van der Waals surface area (Å²) in [6.45, 7) is 1.76. The highest BCUT2D eigenvalue weighted by molar-refractivity contribution is 5.44. The van der Waals surface area contributed by atoms with Crippen LogP contribution in [-0.4, -0.2) is 20.1 Å². The highest BCUT2D eigenvalue weighted by Gasteiger charge is 2.05. The standard InChI is InChI=1S/C7H6N4O/c1-5-10-7(12-11-5)6-2-3-8-4-9-6/h2-4H,1H3. The summed E-state index contributed by atoms with van der Waals surface area (Å²) in [5.41, 5.74) is 0.644. The Hall–Kier alpha value is -1.78. The second kappa shape index (κ2) is 2.69. The topological polar surface area (TPSA) is 64.7 Å². The Bertz CT molecular complexity index is 370. The fourth-order valence-corrected chi connectivity index (χ4v) is 0.818. The summed E-state index contributed by atoms with van der Waals surface area (Å²) in [5.74, 6) is 1.03. The van der Waals surface area contributed by atoms with Crippen molar-refractivity contribution in [2.75, 3.05) is 0 Å². The number of aromatic nitrogens is 4. The first-order valence-electron chi connectivity index (χ1n) is 3.43. The first kappa shape index (κ1) is 6.90. The van der Waals surface area contributed by atoms with Crippen LogP contribution in [0.5, 0.6) is 0 Å².